The van der Waals surface area contributed by atoms with Gasteiger partial charge in [0.1, 0.15) is 11.4 Å². The van der Waals surface area contributed by atoms with Gasteiger partial charge >= 0.3 is 5.97 Å². The summed E-state index contributed by atoms with van der Waals surface area (Å²) >= 11 is 0. The maximum absolute atomic E-state index is 12.3. The first-order valence-electron chi connectivity index (χ1n) is 9.79. The molecule has 0 amide bonds. The third-order valence-electron chi connectivity index (χ3n) is 5.99. The lowest BCUT2D eigenvalue weighted by Crippen LogP contribution is -2.36. The van der Waals surface area contributed by atoms with E-state index in [-0.39, 0.29) is 23.3 Å². The van der Waals surface area contributed by atoms with Crippen molar-refractivity contribution >= 4 is 5.97 Å². The second-order valence-electron chi connectivity index (χ2n) is 8.23. The van der Waals surface area contributed by atoms with E-state index in [1.807, 2.05) is 16.7 Å². The fraction of sp³-hybridized carbons (Fsp3) is 0.333. The number of aromatic nitrogens is 2. The highest BCUT2D eigenvalue weighted by Crippen LogP contribution is 2.52. The van der Waals surface area contributed by atoms with Crippen molar-refractivity contribution in [2.24, 2.45) is 5.41 Å². The highest BCUT2D eigenvalue weighted by atomic mass is 16.5. The van der Waals surface area contributed by atoms with Gasteiger partial charge in [0.15, 0.2) is 0 Å². The second kappa shape index (κ2) is 7.39. The van der Waals surface area contributed by atoms with Gasteiger partial charge in [-0.15, -0.1) is 0 Å². The zero-order chi connectivity index (χ0) is 20.6. The molecule has 1 heterocycles. The number of imidazole rings is 1. The van der Waals surface area contributed by atoms with Crippen LogP contribution < -0.4 is 4.74 Å². The lowest BCUT2D eigenvalue weighted by atomic mass is 9.64. The molecule has 150 valence electrons. The topological polar surface area (TPSA) is 53.3 Å². The van der Waals surface area contributed by atoms with E-state index in [1.165, 1.54) is 23.8 Å². The zero-order valence-corrected chi connectivity index (χ0v) is 17.3. The molecule has 5 nitrogen and oxygen atoms in total. The molecule has 1 aliphatic rings. The largest absolute Gasteiger partial charge is 0.497 e. The van der Waals surface area contributed by atoms with Crippen molar-refractivity contribution in [3.8, 4) is 5.75 Å². The average molecular weight is 390 g/mol. The summed E-state index contributed by atoms with van der Waals surface area (Å²) in [6.45, 7) is 4.51. The van der Waals surface area contributed by atoms with Gasteiger partial charge in [0.2, 0.25) is 0 Å². The molecule has 2 aromatic carbocycles. The summed E-state index contributed by atoms with van der Waals surface area (Å²) in [5, 5.41) is 0. The fourth-order valence-corrected chi connectivity index (χ4v) is 4.68. The predicted octanol–water partition coefficient (Wildman–Crippen LogP) is 4.83. The Morgan fingerprint density at radius 2 is 1.76 bits per heavy atom. The van der Waals surface area contributed by atoms with Gasteiger partial charge < -0.3 is 14.0 Å². The van der Waals surface area contributed by atoms with Gasteiger partial charge in [-0.3, -0.25) is 0 Å². The van der Waals surface area contributed by atoms with Crippen molar-refractivity contribution in [3.05, 3.63) is 83.4 Å². The summed E-state index contributed by atoms with van der Waals surface area (Å²) in [6, 6.07) is 16.8. The molecule has 0 saturated heterocycles. The maximum Gasteiger partial charge on any atom is 0.356 e. The Kier molecular flexibility index (Phi) is 4.91. The van der Waals surface area contributed by atoms with Crippen molar-refractivity contribution in [1.29, 1.82) is 0 Å². The molecule has 29 heavy (non-hydrogen) atoms. The number of rotatable bonds is 4. The van der Waals surface area contributed by atoms with E-state index in [9.17, 15) is 4.79 Å². The normalized spacial score (nSPS) is 20.0. The van der Waals surface area contributed by atoms with Crippen molar-refractivity contribution in [1.82, 2.24) is 9.55 Å². The first kappa shape index (κ1) is 19.2. The first-order valence-corrected chi connectivity index (χ1v) is 9.79. The van der Waals surface area contributed by atoms with Crippen LogP contribution >= 0.6 is 0 Å². The van der Waals surface area contributed by atoms with Gasteiger partial charge in [-0.1, -0.05) is 50.2 Å². The number of ether oxygens (including phenoxy) is 2. The number of hydrogen-bond acceptors (Lipinski definition) is 4. The van der Waals surface area contributed by atoms with Crippen LogP contribution in [0.4, 0.5) is 0 Å². The molecule has 0 saturated carbocycles. The average Bonchev–Trinajstić information content (AvgIpc) is 3.21. The molecule has 1 aromatic heterocycles. The third kappa shape index (κ3) is 3.31. The summed E-state index contributed by atoms with van der Waals surface area (Å²) in [5.41, 5.74) is 4.13. The maximum atomic E-state index is 12.3. The van der Waals surface area contributed by atoms with E-state index in [0.29, 0.717) is 5.69 Å². The molecule has 5 heteroatoms. The van der Waals surface area contributed by atoms with Crippen LogP contribution in [0.25, 0.3) is 0 Å². The van der Waals surface area contributed by atoms with E-state index < -0.39 is 0 Å². The third-order valence-corrected chi connectivity index (χ3v) is 5.99. The summed E-state index contributed by atoms with van der Waals surface area (Å²) in [4.78, 5) is 16.6. The van der Waals surface area contributed by atoms with Crippen LogP contribution in [0.5, 0.6) is 5.75 Å². The van der Waals surface area contributed by atoms with Crippen LogP contribution in [0, 0.1) is 5.41 Å². The number of fused-ring (bicyclic) bond motifs is 1. The van der Waals surface area contributed by atoms with Gasteiger partial charge in [0, 0.05) is 5.92 Å². The lowest BCUT2D eigenvalue weighted by Gasteiger charge is -2.45. The minimum atomic E-state index is -0.368. The monoisotopic (exact) mass is 390 g/mol. The van der Waals surface area contributed by atoms with E-state index in [1.54, 1.807) is 19.6 Å². The molecule has 2 unspecified atom stereocenters. The molecule has 1 aliphatic carbocycles. The Balaban J connectivity index is 1.84. The van der Waals surface area contributed by atoms with Gasteiger partial charge in [-0.25, -0.2) is 9.78 Å². The first-order chi connectivity index (χ1) is 14.0. The molecule has 0 bridgehead atoms. The summed E-state index contributed by atoms with van der Waals surface area (Å²) in [7, 11) is 3.09. The van der Waals surface area contributed by atoms with Crippen molar-refractivity contribution in [2.45, 2.75) is 32.2 Å². The Bertz CT molecular complexity index is 1020. The standard InChI is InChI=1S/C24H26N2O3/c1-24(2)13-20(16-9-11-17(28-3)12-10-16)18-7-5-6-8-19(18)22(24)26-15-25-14-21(26)23(27)29-4/h5-12,14-15,20,22H,13H2,1-4H3. The SMILES string of the molecule is COC(=O)c1cncn1C1c2ccccc2C(c2ccc(OC)cc2)CC1(C)C. The minimum Gasteiger partial charge on any atom is -0.497 e. The van der Waals surface area contributed by atoms with Crippen molar-refractivity contribution in [2.75, 3.05) is 14.2 Å². The molecule has 0 spiro atoms. The second-order valence-corrected chi connectivity index (χ2v) is 8.23. The number of carbonyl (C=O) groups is 1. The molecular formula is C24H26N2O3. The molecule has 0 radical (unpaired) electrons. The zero-order valence-electron chi connectivity index (χ0n) is 17.3. The number of benzene rings is 2. The van der Waals surface area contributed by atoms with Crippen LogP contribution in [-0.2, 0) is 4.74 Å². The molecule has 4 rings (SSSR count). The molecule has 0 N–H and O–H groups in total. The molecule has 0 aliphatic heterocycles. The van der Waals surface area contributed by atoms with Crippen molar-refractivity contribution < 1.29 is 14.3 Å². The van der Waals surface area contributed by atoms with Crippen LogP contribution in [0.15, 0.2) is 61.1 Å². The number of methoxy groups -OCH3 is 2. The van der Waals surface area contributed by atoms with E-state index in [4.69, 9.17) is 9.47 Å². The van der Waals surface area contributed by atoms with Gasteiger partial charge in [-0.2, -0.15) is 0 Å². The van der Waals surface area contributed by atoms with E-state index in [0.717, 1.165) is 12.2 Å². The number of esters is 1. The Morgan fingerprint density at radius 1 is 1.07 bits per heavy atom. The molecule has 3 aromatic rings. The summed E-state index contributed by atoms with van der Waals surface area (Å²) in [6.07, 6.45) is 4.27. The fourth-order valence-electron chi connectivity index (χ4n) is 4.68. The smallest absolute Gasteiger partial charge is 0.356 e. The van der Waals surface area contributed by atoms with Crippen LogP contribution in [0.2, 0.25) is 0 Å². The summed E-state index contributed by atoms with van der Waals surface area (Å²) < 4.78 is 12.3. The lowest BCUT2D eigenvalue weighted by molar-refractivity contribution is 0.0580. The van der Waals surface area contributed by atoms with Crippen LogP contribution in [0.1, 0.15) is 59.4 Å². The number of hydrogen-bond donors (Lipinski definition) is 0. The highest BCUT2D eigenvalue weighted by molar-refractivity contribution is 5.87. The Hall–Kier alpha value is -3.08. The number of nitrogens with zero attached hydrogens (tertiary/aromatic N) is 2. The molecular weight excluding hydrogens is 364 g/mol. The van der Waals surface area contributed by atoms with Crippen molar-refractivity contribution in [3.63, 3.8) is 0 Å². The van der Waals surface area contributed by atoms with Gasteiger partial charge in [0.05, 0.1) is 32.8 Å². The molecule has 0 fully saturated rings. The van der Waals surface area contributed by atoms with E-state index >= 15 is 0 Å². The predicted molar refractivity (Wildman–Crippen MR) is 111 cm³/mol. The van der Waals surface area contributed by atoms with Crippen LogP contribution in [-0.4, -0.2) is 29.7 Å². The van der Waals surface area contributed by atoms with Crippen LogP contribution in [0.3, 0.4) is 0 Å². The Morgan fingerprint density at radius 3 is 2.41 bits per heavy atom. The van der Waals surface area contributed by atoms with E-state index in [2.05, 4.69) is 55.2 Å². The van der Waals surface area contributed by atoms with Gasteiger partial charge in [-0.05, 0) is 40.7 Å². The summed E-state index contributed by atoms with van der Waals surface area (Å²) in [5.74, 6) is 0.762. The highest BCUT2D eigenvalue weighted by Gasteiger charge is 2.42. The minimum absolute atomic E-state index is 0.00945. The number of carbonyl (C=O) groups excluding carboxylic acids is 1. The Labute approximate surface area is 171 Å². The molecule has 2 atom stereocenters. The quantitative estimate of drug-likeness (QED) is 0.599. The van der Waals surface area contributed by atoms with Gasteiger partial charge in [0.25, 0.3) is 0 Å².